The van der Waals surface area contributed by atoms with Gasteiger partial charge < -0.3 is 0 Å². The summed E-state index contributed by atoms with van der Waals surface area (Å²) in [5.74, 6) is -0.194. The normalized spacial score (nSPS) is 36.4. The number of amides is 2. The Labute approximate surface area is 148 Å². The molecule has 0 aliphatic heterocycles. The lowest BCUT2D eigenvalue weighted by Crippen LogP contribution is -2.60. The van der Waals surface area contributed by atoms with Crippen LogP contribution in [0.1, 0.15) is 48.9 Å². The van der Waals surface area contributed by atoms with Crippen molar-refractivity contribution in [2.24, 2.45) is 17.3 Å². The maximum absolute atomic E-state index is 13.6. The number of carbonyl (C=O) groups is 2. The standard InChI is InChI=1S/C18H20BrFN2O2/c19-18-8-11-5-12(9-18)7-17(6-11,10-18)16(24)22-21-15(23)13-3-1-2-4-14(13)20/h1-4,11-12H,5-10H2,(H,21,23)(H,22,24)/t11-,12+,17?,18?. The second-order valence-electron chi connectivity index (χ2n) is 7.78. The Morgan fingerprint density at radius 3 is 2.38 bits per heavy atom. The van der Waals surface area contributed by atoms with Crippen molar-refractivity contribution in [3.63, 3.8) is 0 Å². The number of carbonyl (C=O) groups excluding carboxylic acids is 2. The second kappa shape index (κ2) is 5.55. The maximum Gasteiger partial charge on any atom is 0.272 e. The zero-order valence-electron chi connectivity index (χ0n) is 13.3. The van der Waals surface area contributed by atoms with Crippen LogP contribution in [-0.4, -0.2) is 16.1 Å². The molecule has 4 nitrogen and oxygen atoms in total. The number of hydrogen-bond acceptors (Lipinski definition) is 2. The van der Waals surface area contributed by atoms with Gasteiger partial charge in [0.25, 0.3) is 5.91 Å². The van der Waals surface area contributed by atoms with Crippen molar-refractivity contribution in [2.75, 3.05) is 0 Å². The molecule has 2 amide bonds. The van der Waals surface area contributed by atoms with Gasteiger partial charge in [0.15, 0.2) is 0 Å². The third-order valence-electron chi connectivity index (χ3n) is 5.88. The van der Waals surface area contributed by atoms with Crippen LogP contribution in [0.25, 0.3) is 0 Å². The average molecular weight is 395 g/mol. The Morgan fingerprint density at radius 1 is 1.08 bits per heavy atom. The highest BCUT2D eigenvalue weighted by Crippen LogP contribution is 2.64. The van der Waals surface area contributed by atoms with Crippen LogP contribution in [0.4, 0.5) is 4.39 Å². The van der Waals surface area contributed by atoms with E-state index < -0.39 is 17.1 Å². The molecule has 5 rings (SSSR count). The minimum Gasteiger partial charge on any atom is -0.273 e. The van der Waals surface area contributed by atoms with Crippen LogP contribution in [-0.2, 0) is 4.79 Å². The molecule has 0 radical (unpaired) electrons. The first-order chi connectivity index (χ1) is 11.4. The summed E-state index contributed by atoms with van der Waals surface area (Å²) in [7, 11) is 0. The molecular formula is C18H20BrFN2O2. The molecule has 2 N–H and O–H groups in total. The average Bonchev–Trinajstić information content (AvgIpc) is 2.50. The largest absolute Gasteiger partial charge is 0.273 e. The lowest BCUT2D eigenvalue weighted by molar-refractivity contribution is -0.144. The first-order valence-corrected chi connectivity index (χ1v) is 9.23. The fraction of sp³-hybridized carbons (Fsp3) is 0.556. The summed E-state index contributed by atoms with van der Waals surface area (Å²) in [6.07, 6.45) is 6.08. The third kappa shape index (κ3) is 2.65. The second-order valence-corrected chi connectivity index (χ2v) is 9.46. The topological polar surface area (TPSA) is 58.2 Å². The van der Waals surface area contributed by atoms with Gasteiger partial charge in [-0.3, -0.25) is 20.4 Å². The predicted molar refractivity (Wildman–Crippen MR) is 90.8 cm³/mol. The number of rotatable bonds is 2. The van der Waals surface area contributed by atoms with Crippen molar-refractivity contribution in [2.45, 2.75) is 42.8 Å². The van der Waals surface area contributed by atoms with Gasteiger partial charge in [-0.05, 0) is 62.5 Å². The number of halogens is 2. The zero-order chi connectivity index (χ0) is 16.9. The zero-order valence-corrected chi connectivity index (χ0v) is 14.9. The van der Waals surface area contributed by atoms with E-state index in [1.807, 2.05) is 0 Å². The van der Waals surface area contributed by atoms with Crippen LogP contribution in [0, 0.1) is 23.1 Å². The van der Waals surface area contributed by atoms with Crippen LogP contribution < -0.4 is 10.9 Å². The number of nitrogens with one attached hydrogen (secondary N) is 2. The quantitative estimate of drug-likeness (QED) is 0.596. The highest BCUT2D eigenvalue weighted by molar-refractivity contribution is 9.10. The number of benzene rings is 1. The minimum atomic E-state index is -0.625. The molecule has 4 aliphatic carbocycles. The monoisotopic (exact) mass is 394 g/mol. The van der Waals surface area contributed by atoms with Gasteiger partial charge in [0.1, 0.15) is 5.82 Å². The van der Waals surface area contributed by atoms with E-state index in [1.165, 1.54) is 24.6 Å². The third-order valence-corrected chi connectivity index (χ3v) is 6.81. The molecule has 128 valence electrons. The van der Waals surface area contributed by atoms with E-state index in [0.717, 1.165) is 32.1 Å². The van der Waals surface area contributed by atoms with Crippen LogP contribution in [0.5, 0.6) is 0 Å². The molecule has 4 aliphatic rings. The summed E-state index contributed by atoms with van der Waals surface area (Å²) in [6, 6.07) is 5.74. The molecule has 0 heterocycles. The molecule has 2 unspecified atom stereocenters. The van der Waals surface area contributed by atoms with Gasteiger partial charge in [-0.1, -0.05) is 28.1 Å². The number of hydrazine groups is 1. The van der Waals surface area contributed by atoms with E-state index in [-0.39, 0.29) is 15.8 Å². The fourth-order valence-electron chi connectivity index (χ4n) is 5.38. The highest BCUT2D eigenvalue weighted by Gasteiger charge is 2.59. The Hall–Kier alpha value is -1.43. The van der Waals surface area contributed by atoms with Gasteiger partial charge in [0.2, 0.25) is 5.91 Å². The lowest BCUT2D eigenvalue weighted by Gasteiger charge is -2.59. The van der Waals surface area contributed by atoms with E-state index in [2.05, 4.69) is 26.8 Å². The van der Waals surface area contributed by atoms with E-state index in [4.69, 9.17) is 0 Å². The van der Waals surface area contributed by atoms with Gasteiger partial charge in [-0.15, -0.1) is 0 Å². The van der Waals surface area contributed by atoms with E-state index in [0.29, 0.717) is 11.8 Å². The summed E-state index contributed by atoms with van der Waals surface area (Å²) in [6.45, 7) is 0. The molecule has 0 spiro atoms. The van der Waals surface area contributed by atoms with Crippen LogP contribution in [0.2, 0.25) is 0 Å². The van der Waals surface area contributed by atoms with Crippen molar-refractivity contribution >= 4 is 27.7 Å². The molecule has 4 bridgehead atoms. The minimum absolute atomic E-state index is 0.0692. The van der Waals surface area contributed by atoms with Crippen molar-refractivity contribution in [3.05, 3.63) is 35.6 Å². The van der Waals surface area contributed by atoms with E-state index in [1.54, 1.807) is 6.07 Å². The van der Waals surface area contributed by atoms with Gasteiger partial charge in [-0.25, -0.2) is 4.39 Å². The Kier molecular flexibility index (Phi) is 3.71. The molecule has 0 aromatic heterocycles. The first kappa shape index (κ1) is 16.1. The highest BCUT2D eigenvalue weighted by atomic mass is 79.9. The summed E-state index contributed by atoms with van der Waals surface area (Å²) in [4.78, 5) is 24.9. The molecule has 4 atom stereocenters. The summed E-state index contributed by atoms with van der Waals surface area (Å²) >= 11 is 3.87. The Balaban J connectivity index is 1.45. The molecule has 6 heteroatoms. The summed E-state index contributed by atoms with van der Waals surface area (Å²) < 4.78 is 13.7. The number of hydrogen-bond donors (Lipinski definition) is 2. The first-order valence-electron chi connectivity index (χ1n) is 8.43. The van der Waals surface area contributed by atoms with Crippen molar-refractivity contribution in [3.8, 4) is 0 Å². The molecule has 1 aromatic rings. The van der Waals surface area contributed by atoms with Crippen molar-refractivity contribution < 1.29 is 14.0 Å². The number of alkyl halides is 1. The Bertz CT molecular complexity index is 694. The van der Waals surface area contributed by atoms with Gasteiger partial charge in [0.05, 0.1) is 11.0 Å². The van der Waals surface area contributed by atoms with Crippen LogP contribution in [0.3, 0.4) is 0 Å². The van der Waals surface area contributed by atoms with E-state index >= 15 is 0 Å². The van der Waals surface area contributed by atoms with Crippen LogP contribution >= 0.6 is 15.9 Å². The molecular weight excluding hydrogens is 375 g/mol. The maximum atomic E-state index is 13.6. The smallest absolute Gasteiger partial charge is 0.272 e. The summed E-state index contributed by atoms with van der Waals surface area (Å²) in [5.41, 5.74) is 4.46. The van der Waals surface area contributed by atoms with Crippen LogP contribution in [0.15, 0.2) is 24.3 Å². The van der Waals surface area contributed by atoms with Crippen molar-refractivity contribution in [1.29, 1.82) is 0 Å². The SMILES string of the molecule is O=C(NNC(=O)C12C[C@@H]3C[C@@H](CC(Br)(C3)C1)C2)c1ccccc1F. The van der Waals surface area contributed by atoms with E-state index in [9.17, 15) is 14.0 Å². The Morgan fingerprint density at radius 2 is 1.75 bits per heavy atom. The van der Waals surface area contributed by atoms with Gasteiger partial charge in [-0.2, -0.15) is 0 Å². The molecule has 1 aromatic carbocycles. The van der Waals surface area contributed by atoms with Gasteiger partial charge in [0, 0.05) is 4.32 Å². The van der Waals surface area contributed by atoms with Gasteiger partial charge >= 0.3 is 0 Å². The fourth-order valence-corrected chi connectivity index (χ4v) is 6.83. The summed E-state index contributed by atoms with van der Waals surface area (Å²) in [5, 5.41) is 0. The molecule has 4 fully saturated rings. The predicted octanol–water partition coefficient (Wildman–Crippen LogP) is 3.32. The molecule has 24 heavy (non-hydrogen) atoms. The lowest BCUT2D eigenvalue weighted by atomic mass is 9.49. The molecule has 0 saturated heterocycles. The molecule has 4 saturated carbocycles. The van der Waals surface area contributed by atoms with Crippen molar-refractivity contribution in [1.82, 2.24) is 10.9 Å².